The number of nitrogens with one attached hydrogen (secondary N) is 2. The number of rotatable bonds is 5. The van der Waals surface area contributed by atoms with E-state index < -0.39 is 4.92 Å². The van der Waals surface area contributed by atoms with Crippen LogP contribution in [-0.2, 0) is 4.79 Å². The van der Waals surface area contributed by atoms with E-state index in [0.29, 0.717) is 27.6 Å². The Hall–Kier alpha value is -3.53. The highest BCUT2D eigenvalue weighted by Crippen LogP contribution is 2.24. The third kappa shape index (κ3) is 3.49. The Balaban J connectivity index is 1.44. The summed E-state index contributed by atoms with van der Waals surface area (Å²) in [6.07, 6.45) is 0. The molecule has 0 aliphatic carbocycles. The van der Waals surface area contributed by atoms with Gasteiger partial charge >= 0.3 is 0 Å². The van der Waals surface area contributed by atoms with Crippen LogP contribution in [0.1, 0.15) is 5.56 Å². The van der Waals surface area contributed by atoms with Crippen molar-refractivity contribution in [3.05, 3.63) is 58.1 Å². The second kappa shape index (κ2) is 7.24. The average Bonchev–Trinajstić information content (AvgIpc) is 3.05. The van der Waals surface area contributed by atoms with E-state index >= 15 is 0 Å². The number of carbonyl (C=O) groups is 1. The van der Waals surface area contributed by atoms with Crippen LogP contribution in [0.5, 0.6) is 0 Å². The van der Waals surface area contributed by atoms with Crippen molar-refractivity contribution in [1.29, 1.82) is 0 Å². The maximum Gasteiger partial charge on any atom is 0.269 e. The molecule has 10 heteroatoms. The third-order valence-corrected chi connectivity index (χ3v) is 4.97. The fraction of sp³-hybridized carbons (Fsp3) is 0.111. The molecule has 4 rings (SSSR count). The van der Waals surface area contributed by atoms with E-state index in [9.17, 15) is 14.9 Å². The van der Waals surface area contributed by atoms with Crippen LogP contribution in [-0.4, -0.2) is 36.7 Å². The lowest BCUT2D eigenvalue weighted by Crippen LogP contribution is -2.15. The van der Waals surface area contributed by atoms with Crippen LogP contribution < -0.4 is 5.32 Å². The molecular formula is C18H14N6O3S. The Labute approximate surface area is 162 Å². The van der Waals surface area contributed by atoms with Crippen LogP contribution >= 0.6 is 11.8 Å². The Bertz CT molecular complexity index is 1220. The number of nitro benzene ring substituents is 1. The molecule has 4 aromatic rings. The van der Waals surface area contributed by atoms with E-state index in [2.05, 4.69) is 25.5 Å². The number of thioether (sulfide) groups is 1. The zero-order valence-electron chi connectivity index (χ0n) is 14.7. The van der Waals surface area contributed by atoms with E-state index in [-0.39, 0.29) is 17.3 Å². The van der Waals surface area contributed by atoms with Crippen LogP contribution in [0.25, 0.3) is 22.1 Å². The quantitative estimate of drug-likeness (QED) is 0.301. The van der Waals surface area contributed by atoms with Gasteiger partial charge in [0.05, 0.1) is 10.7 Å². The molecule has 2 heterocycles. The van der Waals surface area contributed by atoms with Crippen molar-refractivity contribution in [2.45, 2.75) is 12.1 Å². The Morgan fingerprint density at radius 3 is 2.86 bits per heavy atom. The fourth-order valence-electron chi connectivity index (χ4n) is 2.79. The predicted molar refractivity (Wildman–Crippen MR) is 106 cm³/mol. The van der Waals surface area contributed by atoms with Crippen molar-refractivity contribution in [1.82, 2.24) is 20.2 Å². The maximum absolute atomic E-state index is 12.2. The fourth-order valence-corrected chi connectivity index (χ4v) is 3.37. The highest BCUT2D eigenvalue weighted by molar-refractivity contribution is 7.99. The molecule has 9 nitrogen and oxygen atoms in total. The monoisotopic (exact) mass is 394 g/mol. The van der Waals surface area contributed by atoms with Gasteiger partial charge in [0.2, 0.25) is 11.1 Å². The summed E-state index contributed by atoms with van der Waals surface area (Å²) in [6.45, 7) is 1.70. The zero-order valence-corrected chi connectivity index (χ0v) is 15.5. The Kier molecular flexibility index (Phi) is 4.62. The van der Waals surface area contributed by atoms with Crippen molar-refractivity contribution in [3.63, 3.8) is 0 Å². The average molecular weight is 394 g/mol. The molecule has 0 unspecified atom stereocenters. The molecule has 0 aliphatic rings. The van der Waals surface area contributed by atoms with Gasteiger partial charge in [0.1, 0.15) is 5.52 Å². The smallest absolute Gasteiger partial charge is 0.269 e. The number of non-ortho nitro benzene ring substituents is 1. The first-order valence-corrected chi connectivity index (χ1v) is 9.28. The molecule has 0 fully saturated rings. The molecular weight excluding hydrogens is 380 g/mol. The van der Waals surface area contributed by atoms with Gasteiger partial charge in [-0.05, 0) is 24.6 Å². The molecule has 0 radical (unpaired) electrons. The summed E-state index contributed by atoms with van der Waals surface area (Å²) in [5.74, 6) is -0.175. The van der Waals surface area contributed by atoms with Gasteiger partial charge in [0.15, 0.2) is 5.65 Å². The van der Waals surface area contributed by atoms with Crippen LogP contribution in [0.3, 0.4) is 0 Å². The molecule has 0 bridgehead atoms. The second-order valence-electron chi connectivity index (χ2n) is 6.06. The number of fused-ring (bicyclic) bond motifs is 3. The van der Waals surface area contributed by atoms with Gasteiger partial charge in [-0.2, -0.15) is 0 Å². The molecule has 2 N–H and O–H groups in total. The first-order valence-electron chi connectivity index (χ1n) is 8.30. The summed E-state index contributed by atoms with van der Waals surface area (Å²) in [6, 6.07) is 12.0. The minimum atomic E-state index is -0.473. The number of hydrogen-bond acceptors (Lipinski definition) is 7. The van der Waals surface area contributed by atoms with Gasteiger partial charge in [-0.15, -0.1) is 10.2 Å². The number of benzene rings is 2. The summed E-state index contributed by atoms with van der Waals surface area (Å²) >= 11 is 1.16. The van der Waals surface area contributed by atoms with Gasteiger partial charge in [-0.3, -0.25) is 14.9 Å². The maximum atomic E-state index is 12.2. The number of amides is 1. The molecule has 0 spiro atoms. The van der Waals surface area contributed by atoms with Gasteiger partial charge in [0, 0.05) is 28.7 Å². The summed E-state index contributed by atoms with van der Waals surface area (Å²) in [5.41, 5.74) is 3.35. The van der Waals surface area contributed by atoms with E-state index in [0.717, 1.165) is 22.7 Å². The van der Waals surface area contributed by atoms with Gasteiger partial charge in [0.25, 0.3) is 5.69 Å². The number of carbonyl (C=O) groups excluding carboxylic acids is 1. The summed E-state index contributed by atoms with van der Waals surface area (Å²) in [5, 5.41) is 23.2. The summed E-state index contributed by atoms with van der Waals surface area (Å²) < 4.78 is 0. The lowest BCUT2D eigenvalue weighted by molar-refractivity contribution is -0.384. The zero-order chi connectivity index (χ0) is 19.7. The molecule has 1 amide bonds. The molecule has 0 saturated carbocycles. The van der Waals surface area contributed by atoms with Gasteiger partial charge in [-0.25, -0.2) is 4.98 Å². The number of aromatic amines is 1. The lowest BCUT2D eigenvalue weighted by atomic mass is 10.2. The standard InChI is InChI=1S/C18H14N6O3S/c1-10-8-11(24(26)27)6-7-13(10)19-15(25)9-28-18-21-17-16(22-23-18)12-4-2-3-5-14(12)20-17/h2-8H,9H2,1H3,(H,19,25)(H,20,21,23). The molecule has 0 aliphatic heterocycles. The highest BCUT2D eigenvalue weighted by Gasteiger charge is 2.13. The minimum Gasteiger partial charge on any atom is -0.338 e. The van der Waals surface area contributed by atoms with E-state index in [4.69, 9.17) is 0 Å². The Morgan fingerprint density at radius 2 is 2.07 bits per heavy atom. The van der Waals surface area contributed by atoms with Crippen molar-refractivity contribution in [2.24, 2.45) is 0 Å². The van der Waals surface area contributed by atoms with Crippen molar-refractivity contribution in [2.75, 3.05) is 11.1 Å². The number of nitrogens with zero attached hydrogens (tertiary/aromatic N) is 4. The van der Waals surface area contributed by atoms with Crippen molar-refractivity contribution in [3.8, 4) is 0 Å². The van der Waals surface area contributed by atoms with E-state index in [1.54, 1.807) is 6.92 Å². The van der Waals surface area contributed by atoms with E-state index in [1.807, 2.05) is 24.3 Å². The largest absolute Gasteiger partial charge is 0.338 e. The lowest BCUT2D eigenvalue weighted by Gasteiger charge is -2.07. The highest BCUT2D eigenvalue weighted by atomic mass is 32.2. The number of hydrogen-bond donors (Lipinski definition) is 2. The molecule has 0 atom stereocenters. The summed E-state index contributed by atoms with van der Waals surface area (Å²) in [4.78, 5) is 30.1. The van der Waals surface area contributed by atoms with Crippen molar-refractivity contribution < 1.29 is 9.72 Å². The number of H-pyrrole nitrogens is 1. The first kappa shape index (κ1) is 17.9. The minimum absolute atomic E-state index is 0.0176. The van der Waals surface area contributed by atoms with Gasteiger partial charge < -0.3 is 10.3 Å². The third-order valence-electron chi connectivity index (χ3n) is 4.13. The number of para-hydroxylation sites is 1. The molecule has 2 aromatic heterocycles. The molecule has 2 aromatic carbocycles. The molecule has 0 saturated heterocycles. The SMILES string of the molecule is Cc1cc([N+](=O)[O-])ccc1NC(=O)CSc1nnc2c(n1)[nH]c1ccccc12. The van der Waals surface area contributed by atoms with E-state index in [1.165, 1.54) is 18.2 Å². The van der Waals surface area contributed by atoms with Crippen LogP contribution in [0.2, 0.25) is 0 Å². The first-order chi connectivity index (χ1) is 13.5. The predicted octanol–water partition coefficient (Wildman–Crippen LogP) is 3.45. The van der Waals surface area contributed by atoms with Crippen LogP contribution in [0.15, 0.2) is 47.6 Å². The molecule has 140 valence electrons. The topological polar surface area (TPSA) is 127 Å². The second-order valence-corrected chi connectivity index (χ2v) is 7.00. The van der Waals surface area contributed by atoms with Gasteiger partial charge in [-0.1, -0.05) is 30.0 Å². The normalized spacial score (nSPS) is 11.0. The van der Waals surface area contributed by atoms with Crippen LogP contribution in [0, 0.1) is 17.0 Å². The Morgan fingerprint density at radius 1 is 1.25 bits per heavy atom. The number of nitro groups is 1. The number of anilines is 1. The summed E-state index contributed by atoms with van der Waals surface area (Å²) in [7, 11) is 0. The van der Waals surface area contributed by atoms with Crippen LogP contribution in [0.4, 0.5) is 11.4 Å². The van der Waals surface area contributed by atoms with Crippen molar-refractivity contribution >= 4 is 51.1 Å². The number of aryl methyl sites for hydroxylation is 1. The number of aromatic nitrogens is 4. The molecule has 28 heavy (non-hydrogen) atoms.